The molecule has 0 saturated heterocycles. The van der Waals surface area contributed by atoms with E-state index in [1.54, 1.807) is 24.3 Å². The molecule has 8 heteroatoms. The van der Waals surface area contributed by atoms with Gasteiger partial charge in [-0.1, -0.05) is 12.8 Å². The molecule has 1 saturated carbocycles. The van der Waals surface area contributed by atoms with E-state index in [2.05, 4.69) is 10.0 Å². The molecule has 28 heavy (non-hydrogen) atoms. The number of ether oxygens (including phenoxy) is 1. The first-order valence-corrected chi connectivity index (χ1v) is 10.4. The Bertz CT molecular complexity index is 1000. The predicted octanol–water partition coefficient (Wildman–Crippen LogP) is 3.04. The number of nitriles is 1. The van der Waals surface area contributed by atoms with E-state index in [9.17, 15) is 13.2 Å². The van der Waals surface area contributed by atoms with Crippen molar-refractivity contribution in [2.45, 2.75) is 36.6 Å². The van der Waals surface area contributed by atoms with Gasteiger partial charge in [-0.2, -0.15) is 5.26 Å². The SMILES string of the molecule is COc1ccc(C(=O)Nc2ccc(C#N)cc2)cc1S(=O)(=O)NC1CCCC1. The highest BCUT2D eigenvalue weighted by Gasteiger charge is 2.26. The Morgan fingerprint density at radius 3 is 2.43 bits per heavy atom. The third-order valence-corrected chi connectivity index (χ3v) is 6.21. The van der Waals surface area contributed by atoms with E-state index >= 15 is 0 Å². The number of methoxy groups -OCH3 is 1. The summed E-state index contributed by atoms with van der Waals surface area (Å²) in [6.07, 6.45) is 3.61. The molecule has 1 aliphatic rings. The van der Waals surface area contributed by atoms with Crippen LogP contribution in [0, 0.1) is 11.3 Å². The Kier molecular flexibility index (Phi) is 5.97. The first kappa shape index (κ1) is 19.9. The van der Waals surface area contributed by atoms with Gasteiger partial charge in [0.05, 0.1) is 18.7 Å². The first-order chi connectivity index (χ1) is 13.4. The van der Waals surface area contributed by atoms with E-state index in [1.165, 1.54) is 25.3 Å². The number of nitrogens with zero attached hydrogens (tertiary/aromatic N) is 1. The maximum atomic E-state index is 12.8. The Labute approximate surface area is 164 Å². The van der Waals surface area contributed by atoms with Gasteiger partial charge in [0, 0.05) is 17.3 Å². The molecule has 0 unspecified atom stereocenters. The standard InChI is InChI=1S/C20H21N3O4S/c1-27-18-11-8-15(20(24)22-16-9-6-14(13-21)7-10-16)12-19(18)28(25,26)23-17-4-2-3-5-17/h6-12,17,23H,2-5H2,1H3,(H,22,24). The van der Waals surface area contributed by atoms with E-state index in [-0.39, 0.29) is 22.3 Å². The quantitative estimate of drug-likeness (QED) is 0.776. The summed E-state index contributed by atoms with van der Waals surface area (Å²) in [7, 11) is -2.43. The normalized spacial score (nSPS) is 14.4. The molecule has 2 aromatic carbocycles. The number of nitrogens with one attached hydrogen (secondary N) is 2. The maximum absolute atomic E-state index is 12.8. The second kappa shape index (κ2) is 8.42. The Morgan fingerprint density at radius 2 is 1.82 bits per heavy atom. The molecule has 2 aromatic rings. The second-order valence-corrected chi connectivity index (χ2v) is 8.29. The van der Waals surface area contributed by atoms with Gasteiger partial charge in [-0.05, 0) is 55.3 Å². The predicted molar refractivity (Wildman–Crippen MR) is 105 cm³/mol. The lowest BCUT2D eigenvalue weighted by atomic mass is 10.2. The van der Waals surface area contributed by atoms with E-state index in [0.717, 1.165) is 25.7 Å². The summed E-state index contributed by atoms with van der Waals surface area (Å²) in [5, 5.41) is 11.5. The maximum Gasteiger partial charge on any atom is 0.255 e. The zero-order chi connectivity index (χ0) is 20.1. The average molecular weight is 399 g/mol. The molecule has 146 valence electrons. The lowest BCUT2D eigenvalue weighted by Gasteiger charge is -2.16. The van der Waals surface area contributed by atoms with Crippen molar-refractivity contribution in [2.24, 2.45) is 0 Å². The van der Waals surface area contributed by atoms with Gasteiger partial charge in [-0.25, -0.2) is 13.1 Å². The number of hydrogen-bond donors (Lipinski definition) is 2. The van der Waals surface area contributed by atoms with Crippen LogP contribution in [0.5, 0.6) is 5.75 Å². The van der Waals surface area contributed by atoms with Crippen molar-refractivity contribution in [1.29, 1.82) is 5.26 Å². The Morgan fingerprint density at radius 1 is 1.14 bits per heavy atom. The van der Waals surface area contributed by atoms with Crippen molar-refractivity contribution in [1.82, 2.24) is 4.72 Å². The van der Waals surface area contributed by atoms with Crippen LogP contribution in [0.25, 0.3) is 0 Å². The van der Waals surface area contributed by atoms with Crippen LogP contribution < -0.4 is 14.8 Å². The topological polar surface area (TPSA) is 108 Å². The molecule has 0 aromatic heterocycles. The van der Waals surface area contributed by atoms with Crippen molar-refractivity contribution in [3.63, 3.8) is 0 Å². The van der Waals surface area contributed by atoms with Gasteiger partial charge < -0.3 is 10.1 Å². The third-order valence-electron chi connectivity index (χ3n) is 4.66. The van der Waals surface area contributed by atoms with Crippen molar-refractivity contribution >= 4 is 21.6 Å². The first-order valence-electron chi connectivity index (χ1n) is 8.95. The summed E-state index contributed by atoms with van der Waals surface area (Å²) in [5.74, 6) is -0.273. The summed E-state index contributed by atoms with van der Waals surface area (Å²) in [5.41, 5.74) is 1.18. The number of sulfonamides is 1. The molecule has 0 radical (unpaired) electrons. The molecule has 2 N–H and O–H groups in total. The van der Waals surface area contributed by atoms with Crippen molar-refractivity contribution < 1.29 is 17.9 Å². The third kappa shape index (κ3) is 4.50. The lowest BCUT2D eigenvalue weighted by molar-refractivity contribution is 0.102. The fourth-order valence-electron chi connectivity index (χ4n) is 3.19. The molecule has 0 heterocycles. The minimum absolute atomic E-state index is 0.0608. The van der Waals surface area contributed by atoms with Crippen LogP contribution in [0.1, 0.15) is 41.6 Å². The second-order valence-electron chi connectivity index (χ2n) is 6.61. The van der Waals surface area contributed by atoms with Crippen LogP contribution in [0.4, 0.5) is 5.69 Å². The van der Waals surface area contributed by atoms with E-state index < -0.39 is 15.9 Å². The monoisotopic (exact) mass is 399 g/mol. The van der Waals surface area contributed by atoms with Crippen LogP contribution in [0.15, 0.2) is 47.4 Å². The largest absolute Gasteiger partial charge is 0.495 e. The van der Waals surface area contributed by atoms with Crippen molar-refractivity contribution in [3.05, 3.63) is 53.6 Å². The Balaban J connectivity index is 1.84. The number of carbonyl (C=O) groups is 1. The molecule has 0 atom stereocenters. The van der Waals surface area contributed by atoms with Crippen LogP contribution in [0.2, 0.25) is 0 Å². The summed E-state index contributed by atoms with van der Waals surface area (Å²) >= 11 is 0. The van der Waals surface area contributed by atoms with Gasteiger partial charge in [0.15, 0.2) is 0 Å². The molecular weight excluding hydrogens is 378 g/mol. The molecule has 3 rings (SSSR count). The van der Waals surface area contributed by atoms with Gasteiger partial charge >= 0.3 is 0 Å². The van der Waals surface area contributed by atoms with Crippen molar-refractivity contribution in [2.75, 3.05) is 12.4 Å². The summed E-state index contributed by atoms with van der Waals surface area (Å²) in [6.45, 7) is 0. The molecule has 0 spiro atoms. The van der Waals surface area contributed by atoms with Gasteiger partial charge in [0.1, 0.15) is 10.6 Å². The fraction of sp³-hybridized carbons (Fsp3) is 0.300. The Hall–Kier alpha value is -2.89. The number of hydrogen-bond acceptors (Lipinski definition) is 5. The zero-order valence-electron chi connectivity index (χ0n) is 15.4. The van der Waals surface area contributed by atoms with Gasteiger partial charge in [-0.15, -0.1) is 0 Å². The number of benzene rings is 2. The number of rotatable bonds is 6. The summed E-state index contributed by atoms with van der Waals surface area (Å²) in [6, 6.07) is 12.6. The number of anilines is 1. The molecular formula is C20H21N3O4S. The highest BCUT2D eigenvalue weighted by Crippen LogP contribution is 2.27. The minimum Gasteiger partial charge on any atom is -0.495 e. The van der Waals surface area contributed by atoms with Gasteiger partial charge in [0.25, 0.3) is 5.91 Å². The van der Waals surface area contributed by atoms with Crippen molar-refractivity contribution in [3.8, 4) is 11.8 Å². The zero-order valence-corrected chi connectivity index (χ0v) is 16.3. The van der Waals surface area contributed by atoms with E-state index in [1.807, 2.05) is 6.07 Å². The summed E-state index contributed by atoms with van der Waals surface area (Å²) in [4.78, 5) is 12.5. The molecule has 0 aliphatic heterocycles. The number of amides is 1. The highest BCUT2D eigenvalue weighted by molar-refractivity contribution is 7.89. The molecule has 1 amide bonds. The van der Waals surface area contributed by atoms with Gasteiger partial charge in [-0.3, -0.25) is 4.79 Å². The summed E-state index contributed by atoms with van der Waals surface area (Å²) < 4.78 is 33.5. The molecule has 7 nitrogen and oxygen atoms in total. The number of carbonyl (C=O) groups excluding carboxylic acids is 1. The minimum atomic E-state index is -3.82. The van der Waals surface area contributed by atoms with E-state index in [0.29, 0.717) is 11.3 Å². The van der Waals surface area contributed by atoms with Gasteiger partial charge in [0.2, 0.25) is 10.0 Å². The van der Waals surface area contributed by atoms with Crippen LogP contribution in [-0.2, 0) is 10.0 Å². The molecule has 1 fully saturated rings. The lowest BCUT2D eigenvalue weighted by Crippen LogP contribution is -2.33. The average Bonchev–Trinajstić information content (AvgIpc) is 3.20. The molecule has 0 bridgehead atoms. The van der Waals surface area contributed by atoms with E-state index in [4.69, 9.17) is 10.00 Å². The van der Waals surface area contributed by atoms with Crippen LogP contribution in [-0.4, -0.2) is 27.5 Å². The fourth-order valence-corrected chi connectivity index (χ4v) is 4.69. The smallest absolute Gasteiger partial charge is 0.255 e. The van der Waals surface area contributed by atoms with Crippen LogP contribution in [0.3, 0.4) is 0 Å². The highest BCUT2D eigenvalue weighted by atomic mass is 32.2. The molecule has 1 aliphatic carbocycles. The van der Waals surface area contributed by atoms with Crippen LogP contribution >= 0.6 is 0 Å².